The maximum absolute atomic E-state index is 12.0. The predicted molar refractivity (Wildman–Crippen MR) is 83.6 cm³/mol. The van der Waals surface area contributed by atoms with E-state index in [1.165, 1.54) is 0 Å². The Kier molecular flexibility index (Phi) is 6.48. The molecule has 0 bridgehead atoms. The van der Waals surface area contributed by atoms with Gasteiger partial charge in [0.15, 0.2) is 6.10 Å². The molecule has 2 atom stereocenters. The molecular weight excluding hydrogens is 362 g/mol. The first kappa shape index (κ1) is 17.8. The topological polar surface area (TPSA) is 75.6 Å². The van der Waals surface area contributed by atoms with Crippen LogP contribution in [0.5, 0.6) is 5.75 Å². The number of halogens is 2. The van der Waals surface area contributed by atoms with Gasteiger partial charge in [-0.15, -0.1) is 0 Å². The zero-order chi connectivity index (χ0) is 16.2. The van der Waals surface area contributed by atoms with Crippen molar-refractivity contribution in [3.05, 3.63) is 27.7 Å². The van der Waals surface area contributed by atoms with Crippen LogP contribution >= 0.6 is 27.5 Å². The maximum atomic E-state index is 12.0. The number of carboxylic acid groups (broad SMARTS) is 1. The van der Waals surface area contributed by atoms with Crippen LogP contribution in [0.25, 0.3) is 0 Å². The van der Waals surface area contributed by atoms with Crippen molar-refractivity contribution in [2.75, 3.05) is 0 Å². The molecule has 0 aromatic heterocycles. The summed E-state index contributed by atoms with van der Waals surface area (Å²) in [5.41, 5.74) is 0. The molecule has 0 radical (unpaired) electrons. The molecule has 21 heavy (non-hydrogen) atoms. The highest BCUT2D eigenvalue weighted by Crippen LogP contribution is 2.28. The van der Waals surface area contributed by atoms with Crippen molar-refractivity contribution in [3.8, 4) is 5.75 Å². The molecule has 5 nitrogen and oxygen atoms in total. The first-order valence-corrected chi connectivity index (χ1v) is 7.54. The van der Waals surface area contributed by atoms with Gasteiger partial charge in [-0.25, -0.2) is 4.79 Å². The number of carbonyl (C=O) groups excluding carboxylic acids is 1. The van der Waals surface area contributed by atoms with Gasteiger partial charge in [0.1, 0.15) is 11.8 Å². The fraction of sp³-hybridized carbons (Fsp3) is 0.429. The average Bonchev–Trinajstić information content (AvgIpc) is 2.37. The zero-order valence-electron chi connectivity index (χ0n) is 11.9. The Morgan fingerprint density at radius 3 is 2.43 bits per heavy atom. The lowest BCUT2D eigenvalue weighted by Gasteiger charge is -2.21. The van der Waals surface area contributed by atoms with Crippen molar-refractivity contribution in [2.24, 2.45) is 5.92 Å². The van der Waals surface area contributed by atoms with Crippen LogP contribution in [0.3, 0.4) is 0 Å². The lowest BCUT2D eigenvalue weighted by atomic mass is 10.0. The lowest BCUT2D eigenvalue weighted by molar-refractivity contribution is -0.144. The largest absolute Gasteiger partial charge is 0.480 e. The number of rotatable bonds is 6. The molecule has 7 heteroatoms. The molecule has 0 aliphatic rings. The van der Waals surface area contributed by atoms with Crippen LogP contribution in [0.15, 0.2) is 22.7 Å². The minimum Gasteiger partial charge on any atom is -0.480 e. The number of hydrogen-bond acceptors (Lipinski definition) is 3. The quantitative estimate of drug-likeness (QED) is 0.797. The minimum atomic E-state index is -1.07. The van der Waals surface area contributed by atoms with Crippen LogP contribution in [0.1, 0.15) is 20.8 Å². The third kappa shape index (κ3) is 5.21. The summed E-state index contributed by atoms with van der Waals surface area (Å²) in [7, 11) is 0. The molecule has 0 aliphatic carbocycles. The number of ether oxygens (including phenoxy) is 1. The van der Waals surface area contributed by atoms with Gasteiger partial charge in [0.2, 0.25) is 0 Å². The fourth-order valence-electron chi connectivity index (χ4n) is 1.60. The molecule has 1 rings (SSSR count). The van der Waals surface area contributed by atoms with Gasteiger partial charge in [-0.1, -0.05) is 25.4 Å². The van der Waals surface area contributed by atoms with E-state index in [1.807, 2.05) is 0 Å². The number of carboxylic acids is 1. The minimum absolute atomic E-state index is 0.221. The van der Waals surface area contributed by atoms with Gasteiger partial charge < -0.3 is 15.2 Å². The van der Waals surface area contributed by atoms with Crippen molar-refractivity contribution in [1.82, 2.24) is 5.32 Å². The van der Waals surface area contributed by atoms with Gasteiger partial charge in [0.05, 0.1) is 4.47 Å². The van der Waals surface area contributed by atoms with Crippen molar-refractivity contribution < 1.29 is 19.4 Å². The Bertz CT molecular complexity index is 536. The number of amides is 1. The van der Waals surface area contributed by atoms with E-state index in [-0.39, 0.29) is 5.92 Å². The van der Waals surface area contributed by atoms with Crippen molar-refractivity contribution in [1.29, 1.82) is 0 Å². The summed E-state index contributed by atoms with van der Waals surface area (Å²) in [4.78, 5) is 23.1. The highest BCUT2D eigenvalue weighted by Gasteiger charge is 2.26. The normalized spacial score (nSPS) is 13.6. The zero-order valence-corrected chi connectivity index (χ0v) is 14.2. The van der Waals surface area contributed by atoms with Gasteiger partial charge in [0.25, 0.3) is 5.91 Å². The van der Waals surface area contributed by atoms with Crippen LogP contribution < -0.4 is 10.1 Å². The summed E-state index contributed by atoms with van der Waals surface area (Å²) >= 11 is 9.11. The molecule has 2 N–H and O–H groups in total. The second-order valence-electron chi connectivity index (χ2n) is 4.90. The van der Waals surface area contributed by atoms with Gasteiger partial charge in [-0.3, -0.25) is 4.79 Å². The first-order valence-electron chi connectivity index (χ1n) is 6.37. The SMILES string of the molecule is CC(Oc1ccc(Cl)cc1Br)C(=O)N[C@H](C(=O)O)C(C)C. The monoisotopic (exact) mass is 377 g/mol. The van der Waals surface area contributed by atoms with E-state index < -0.39 is 24.0 Å². The number of nitrogens with one attached hydrogen (secondary N) is 1. The standard InChI is InChI=1S/C14H17BrClNO4/c1-7(2)12(14(19)20)17-13(18)8(3)21-11-5-4-9(16)6-10(11)15/h4-8,12H,1-3H3,(H,17,18)(H,19,20)/t8?,12-/m0/s1. The first-order chi connectivity index (χ1) is 9.72. The van der Waals surface area contributed by atoms with Crippen LogP contribution in [-0.2, 0) is 9.59 Å². The second-order valence-corrected chi connectivity index (χ2v) is 6.19. The van der Waals surface area contributed by atoms with Crippen LogP contribution in [-0.4, -0.2) is 29.1 Å². The molecule has 1 aromatic carbocycles. The Morgan fingerprint density at radius 1 is 1.33 bits per heavy atom. The highest BCUT2D eigenvalue weighted by molar-refractivity contribution is 9.10. The van der Waals surface area contributed by atoms with Gasteiger partial charge in [-0.2, -0.15) is 0 Å². The molecule has 0 fully saturated rings. The Balaban J connectivity index is 2.72. The lowest BCUT2D eigenvalue weighted by Crippen LogP contribution is -2.48. The maximum Gasteiger partial charge on any atom is 0.326 e. The van der Waals surface area contributed by atoms with E-state index >= 15 is 0 Å². The van der Waals surface area contributed by atoms with Gasteiger partial charge in [0, 0.05) is 5.02 Å². The Labute approximate surface area is 136 Å². The number of aliphatic carboxylic acids is 1. The summed E-state index contributed by atoms with van der Waals surface area (Å²) < 4.78 is 6.13. The Hall–Kier alpha value is -1.27. The van der Waals surface area contributed by atoms with E-state index in [4.69, 9.17) is 21.4 Å². The number of benzene rings is 1. The van der Waals surface area contributed by atoms with Crippen molar-refractivity contribution in [2.45, 2.75) is 32.9 Å². The number of hydrogen-bond donors (Lipinski definition) is 2. The molecule has 0 saturated carbocycles. The summed E-state index contributed by atoms with van der Waals surface area (Å²) in [6, 6.07) is 3.97. The van der Waals surface area contributed by atoms with E-state index in [0.29, 0.717) is 15.2 Å². The molecule has 0 spiro atoms. The summed E-state index contributed by atoms with van der Waals surface area (Å²) in [5.74, 6) is -1.32. The van der Waals surface area contributed by atoms with Gasteiger partial charge >= 0.3 is 5.97 Å². The molecule has 0 heterocycles. The van der Waals surface area contributed by atoms with Crippen LogP contribution in [0, 0.1) is 5.92 Å². The molecular formula is C14H17BrClNO4. The molecule has 1 amide bonds. The van der Waals surface area contributed by atoms with E-state index in [1.54, 1.807) is 39.0 Å². The van der Waals surface area contributed by atoms with E-state index in [0.717, 1.165) is 0 Å². The van der Waals surface area contributed by atoms with Crippen molar-refractivity contribution >= 4 is 39.4 Å². The molecule has 0 aliphatic heterocycles. The average molecular weight is 379 g/mol. The van der Waals surface area contributed by atoms with Gasteiger partial charge in [-0.05, 0) is 47.0 Å². The Morgan fingerprint density at radius 2 is 1.95 bits per heavy atom. The highest BCUT2D eigenvalue weighted by atomic mass is 79.9. The third-order valence-electron chi connectivity index (χ3n) is 2.80. The molecule has 0 saturated heterocycles. The van der Waals surface area contributed by atoms with Crippen LogP contribution in [0.4, 0.5) is 0 Å². The fourth-order valence-corrected chi connectivity index (χ4v) is 2.38. The molecule has 116 valence electrons. The van der Waals surface area contributed by atoms with Crippen LogP contribution in [0.2, 0.25) is 5.02 Å². The summed E-state index contributed by atoms with van der Waals surface area (Å²) in [5, 5.41) is 12.1. The third-order valence-corrected chi connectivity index (χ3v) is 3.65. The number of carbonyl (C=O) groups is 2. The predicted octanol–water partition coefficient (Wildman–Crippen LogP) is 3.10. The van der Waals surface area contributed by atoms with E-state index in [9.17, 15) is 9.59 Å². The van der Waals surface area contributed by atoms with Crippen molar-refractivity contribution in [3.63, 3.8) is 0 Å². The summed E-state index contributed by atoms with van der Waals surface area (Å²) in [6.07, 6.45) is -0.830. The smallest absolute Gasteiger partial charge is 0.326 e. The summed E-state index contributed by atoms with van der Waals surface area (Å²) in [6.45, 7) is 5.00. The second kappa shape index (κ2) is 7.66. The molecule has 1 unspecified atom stereocenters. The van der Waals surface area contributed by atoms with E-state index in [2.05, 4.69) is 21.2 Å². The molecule has 1 aromatic rings.